The first-order valence-electron chi connectivity index (χ1n) is 7.16. The Bertz CT molecular complexity index is 633. The zero-order chi connectivity index (χ0) is 14.3. The Morgan fingerprint density at radius 3 is 2.80 bits per heavy atom. The first kappa shape index (κ1) is 13.7. The normalized spacial score (nSPS) is 17.6. The fourth-order valence-corrected chi connectivity index (χ4v) is 3.77. The molecule has 0 spiro atoms. The summed E-state index contributed by atoms with van der Waals surface area (Å²) in [6, 6.07) is 9.26. The molecule has 4 heteroatoms. The lowest BCUT2D eigenvalue weighted by Crippen LogP contribution is -2.29. The molecule has 0 amide bonds. The van der Waals surface area contributed by atoms with E-state index in [-0.39, 0.29) is 0 Å². The summed E-state index contributed by atoms with van der Waals surface area (Å²) < 4.78 is 3.18. The van der Waals surface area contributed by atoms with Gasteiger partial charge in [0.2, 0.25) is 0 Å². The fourth-order valence-electron chi connectivity index (χ4n) is 3.02. The smallest absolute Gasteiger partial charge is 0.0767 e. The minimum absolute atomic E-state index is 0.541. The van der Waals surface area contributed by atoms with E-state index < -0.39 is 0 Å². The Morgan fingerprint density at radius 1 is 1.35 bits per heavy atom. The Hall–Kier alpha value is -1.29. The molecule has 0 saturated carbocycles. The fraction of sp³-hybridized carbons (Fsp3) is 0.438. The van der Waals surface area contributed by atoms with Gasteiger partial charge in [0.1, 0.15) is 0 Å². The summed E-state index contributed by atoms with van der Waals surface area (Å²) in [7, 11) is 2.03. The molecule has 1 aromatic heterocycles. The second kappa shape index (κ2) is 5.24. The predicted octanol–water partition coefficient (Wildman–Crippen LogP) is 3.70. The van der Waals surface area contributed by atoms with Gasteiger partial charge >= 0.3 is 0 Å². The van der Waals surface area contributed by atoms with Crippen molar-refractivity contribution in [2.24, 2.45) is 7.05 Å². The third kappa shape index (κ3) is 2.16. The summed E-state index contributed by atoms with van der Waals surface area (Å²) >= 11 is 3.72. The minimum Gasteiger partial charge on any atom is -0.362 e. The van der Waals surface area contributed by atoms with Crippen molar-refractivity contribution in [3.8, 4) is 0 Å². The van der Waals surface area contributed by atoms with E-state index >= 15 is 0 Å². The third-order valence-corrected chi connectivity index (χ3v) is 5.09. The van der Waals surface area contributed by atoms with Gasteiger partial charge < -0.3 is 4.90 Å². The van der Waals surface area contributed by atoms with Crippen LogP contribution in [-0.2, 0) is 26.4 Å². The second-order valence-electron chi connectivity index (χ2n) is 5.49. The average Bonchev–Trinajstić information content (AvgIpc) is 2.90. The van der Waals surface area contributed by atoms with Crippen LogP contribution in [0.1, 0.15) is 30.8 Å². The van der Waals surface area contributed by atoms with Crippen molar-refractivity contribution >= 4 is 21.6 Å². The van der Waals surface area contributed by atoms with Crippen LogP contribution in [0, 0.1) is 0 Å². The molecule has 20 heavy (non-hydrogen) atoms. The lowest BCUT2D eigenvalue weighted by molar-refractivity contribution is 0.627. The van der Waals surface area contributed by atoms with Crippen LogP contribution in [0.4, 0.5) is 5.69 Å². The van der Waals surface area contributed by atoms with Crippen molar-refractivity contribution in [1.82, 2.24) is 9.78 Å². The number of hydrogen-bond acceptors (Lipinski definition) is 2. The van der Waals surface area contributed by atoms with Gasteiger partial charge in [-0.15, -0.1) is 0 Å². The van der Waals surface area contributed by atoms with Crippen LogP contribution in [0.3, 0.4) is 0 Å². The van der Waals surface area contributed by atoms with Gasteiger partial charge in [-0.2, -0.15) is 5.10 Å². The van der Waals surface area contributed by atoms with Crippen LogP contribution >= 0.6 is 15.9 Å². The number of anilines is 1. The molecule has 0 radical (unpaired) electrons. The van der Waals surface area contributed by atoms with Gasteiger partial charge in [0.25, 0.3) is 0 Å². The predicted molar refractivity (Wildman–Crippen MR) is 86.1 cm³/mol. The summed E-state index contributed by atoms with van der Waals surface area (Å²) in [6.07, 6.45) is 2.09. The Kier molecular flexibility index (Phi) is 3.59. The first-order valence-corrected chi connectivity index (χ1v) is 7.96. The highest BCUT2D eigenvalue weighted by molar-refractivity contribution is 9.10. The number of benzene rings is 1. The topological polar surface area (TPSA) is 21.1 Å². The maximum atomic E-state index is 4.59. The van der Waals surface area contributed by atoms with Crippen LogP contribution in [0.2, 0.25) is 0 Å². The van der Waals surface area contributed by atoms with Gasteiger partial charge in [-0.1, -0.05) is 25.1 Å². The van der Waals surface area contributed by atoms with E-state index in [0.29, 0.717) is 6.04 Å². The standard InChI is InChI=1S/C16H20BrN3/c1-4-13-16(17)15(19(3)18-13)10-20-11(2)9-12-7-5-6-8-14(12)20/h5-8,11H,4,9-10H2,1-3H3. The molecule has 3 rings (SSSR count). The molecule has 1 aliphatic rings. The molecular formula is C16H20BrN3. The Morgan fingerprint density at radius 2 is 2.10 bits per heavy atom. The van der Waals surface area contributed by atoms with Crippen LogP contribution in [0.15, 0.2) is 28.7 Å². The minimum atomic E-state index is 0.541. The molecule has 1 unspecified atom stereocenters. The Labute approximate surface area is 128 Å². The first-order chi connectivity index (χ1) is 9.61. The van der Waals surface area contributed by atoms with E-state index in [9.17, 15) is 0 Å². The SMILES string of the molecule is CCc1nn(C)c(CN2c3ccccc3CC2C)c1Br. The summed E-state index contributed by atoms with van der Waals surface area (Å²) in [6.45, 7) is 5.35. The summed E-state index contributed by atoms with van der Waals surface area (Å²) in [5, 5.41) is 4.59. The number of aryl methyl sites for hydroxylation is 2. The molecule has 106 valence electrons. The van der Waals surface area contributed by atoms with Crippen molar-refractivity contribution < 1.29 is 0 Å². The van der Waals surface area contributed by atoms with Gasteiger partial charge in [0.05, 0.1) is 22.4 Å². The lowest BCUT2D eigenvalue weighted by atomic mass is 10.1. The van der Waals surface area contributed by atoms with E-state index in [4.69, 9.17) is 0 Å². The van der Waals surface area contributed by atoms with Gasteiger partial charge in [0, 0.05) is 18.8 Å². The summed E-state index contributed by atoms with van der Waals surface area (Å²) in [4.78, 5) is 2.48. The highest BCUT2D eigenvalue weighted by Gasteiger charge is 2.27. The molecule has 0 bridgehead atoms. The van der Waals surface area contributed by atoms with Gasteiger partial charge in [-0.05, 0) is 47.3 Å². The van der Waals surface area contributed by atoms with Crippen LogP contribution in [0.5, 0.6) is 0 Å². The molecule has 0 saturated heterocycles. The zero-order valence-corrected chi connectivity index (χ0v) is 13.8. The number of fused-ring (bicyclic) bond motifs is 1. The Balaban J connectivity index is 1.94. The molecule has 0 N–H and O–H groups in total. The highest BCUT2D eigenvalue weighted by Crippen LogP contribution is 2.34. The maximum absolute atomic E-state index is 4.59. The van der Waals surface area contributed by atoms with Crippen LogP contribution in [-0.4, -0.2) is 15.8 Å². The molecule has 0 aliphatic carbocycles. The quantitative estimate of drug-likeness (QED) is 0.853. The molecule has 0 fully saturated rings. The molecule has 3 nitrogen and oxygen atoms in total. The molecule has 2 aromatic rings. The number of hydrogen-bond donors (Lipinski definition) is 0. The van der Waals surface area contributed by atoms with Crippen molar-refractivity contribution in [2.45, 2.75) is 39.3 Å². The van der Waals surface area contributed by atoms with Crippen molar-refractivity contribution in [3.05, 3.63) is 45.7 Å². The van der Waals surface area contributed by atoms with Crippen LogP contribution in [0.25, 0.3) is 0 Å². The monoisotopic (exact) mass is 333 g/mol. The highest BCUT2D eigenvalue weighted by atomic mass is 79.9. The molecule has 1 atom stereocenters. The van der Waals surface area contributed by atoms with Crippen molar-refractivity contribution in [2.75, 3.05) is 4.90 Å². The van der Waals surface area contributed by atoms with Gasteiger partial charge in [0.15, 0.2) is 0 Å². The lowest BCUT2D eigenvalue weighted by Gasteiger charge is -2.25. The van der Waals surface area contributed by atoms with Crippen LogP contribution < -0.4 is 4.90 Å². The third-order valence-electron chi connectivity index (χ3n) is 4.17. The largest absolute Gasteiger partial charge is 0.362 e. The molecule has 1 aromatic carbocycles. The summed E-state index contributed by atoms with van der Waals surface area (Å²) in [5.74, 6) is 0. The second-order valence-corrected chi connectivity index (χ2v) is 6.29. The maximum Gasteiger partial charge on any atom is 0.0767 e. The van der Waals surface area contributed by atoms with Crippen molar-refractivity contribution in [3.63, 3.8) is 0 Å². The van der Waals surface area contributed by atoms with E-state index in [1.807, 2.05) is 11.7 Å². The average molecular weight is 334 g/mol. The van der Waals surface area contributed by atoms with Gasteiger partial charge in [-0.25, -0.2) is 0 Å². The number of nitrogens with zero attached hydrogens (tertiary/aromatic N) is 3. The number of aromatic nitrogens is 2. The van der Waals surface area contributed by atoms with E-state index in [2.05, 4.69) is 64.0 Å². The zero-order valence-electron chi connectivity index (χ0n) is 12.2. The number of para-hydroxylation sites is 1. The number of rotatable bonds is 3. The van der Waals surface area contributed by atoms with E-state index in [0.717, 1.165) is 25.1 Å². The summed E-state index contributed by atoms with van der Waals surface area (Å²) in [5.41, 5.74) is 5.22. The number of halogens is 1. The van der Waals surface area contributed by atoms with E-state index in [1.165, 1.54) is 21.4 Å². The van der Waals surface area contributed by atoms with Gasteiger partial charge in [-0.3, -0.25) is 4.68 Å². The molecule has 2 heterocycles. The van der Waals surface area contributed by atoms with Crippen molar-refractivity contribution in [1.29, 1.82) is 0 Å². The van der Waals surface area contributed by atoms with E-state index in [1.54, 1.807) is 0 Å². The molecular weight excluding hydrogens is 314 g/mol. The molecule has 1 aliphatic heterocycles.